The smallest absolute Gasteiger partial charge is 0.417 e. The zero-order chi connectivity index (χ0) is 15.9. The fraction of sp³-hybridized carbons (Fsp3) is 0.444. The van der Waals surface area contributed by atoms with Gasteiger partial charge in [0.05, 0.1) is 6.04 Å². The molecule has 0 unspecified atom stereocenters. The molecule has 4 heteroatoms. The largest absolute Gasteiger partial charge is 0.444 e. The van der Waals surface area contributed by atoms with E-state index in [9.17, 15) is 9.59 Å². The van der Waals surface area contributed by atoms with Crippen LogP contribution < -0.4 is 0 Å². The van der Waals surface area contributed by atoms with E-state index in [1.54, 1.807) is 0 Å². The monoisotopic (exact) mass is 301 g/mol. The molecular formula is C18H23NO3. The number of carbonyl (C=O) groups excluding carboxylic acids is 2. The van der Waals surface area contributed by atoms with Crippen molar-refractivity contribution in [3.8, 4) is 0 Å². The van der Waals surface area contributed by atoms with E-state index in [1.807, 2.05) is 42.5 Å². The summed E-state index contributed by atoms with van der Waals surface area (Å²) in [6.07, 6.45) is 5.17. The second-order valence-corrected chi connectivity index (χ2v) is 5.97. The van der Waals surface area contributed by atoms with Crippen molar-refractivity contribution in [1.29, 1.82) is 0 Å². The minimum Gasteiger partial charge on any atom is -0.444 e. The number of hydrogen-bond acceptors (Lipinski definition) is 3. The highest BCUT2D eigenvalue weighted by atomic mass is 16.6. The van der Waals surface area contributed by atoms with Gasteiger partial charge in [0.1, 0.15) is 6.61 Å². The summed E-state index contributed by atoms with van der Waals surface area (Å²) in [5, 5.41) is 0. The van der Waals surface area contributed by atoms with Crippen LogP contribution in [-0.2, 0) is 16.1 Å². The van der Waals surface area contributed by atoms with Crippen LogP contribution in [0.3, 0.4) is 0 Å². The lowest BCUT2D eigenvalue weighted by atomic mass is 10.0. The summed E-state index contributed by atoms with van der Waals surface area (Å²) in [6.45, 7) is 4.34. The van der Waals surface area contributed by atoms with E-state index in [4.69, 9.17) is 4.74 Å². The van der Waals surface area contributed by atoms with Crippen molar-refractivity contribution in [3.63, 3.8) is 0 Å². The zero-order valence-corrected chi connectivity index (χ0v) is 13.2. The minimum absolute atomic E-state index is 0.159. The Kier molecular flexibility index (Phi) is 5.75. The lowest BCUT2D eigenvalue weighted by Gasteiger charge is -2.27. The molecule has 1 aromatic rings. The van der Waals surface area contributed by atoms with Crippen LogP contribution in [0.15, 0.2) is 42.5 Å². The first-order valence-corrected chi connectivity index (χ1v) is 7.77. The summed E-state index contributed by atoms with van der Waals surface area (Å²) in [6, 6.07) is 9.27. The van der Waals surface area contributed by atoms with Crippen molar-refractivity contribution in [2.45, 2.75) is 45.8 Å². The lowest BCUT2D eigenvalue weighted by molar-refractivity contribution is -0.130. The van der Waals surface area contributed by atoms with Crippen LogP contribution in [-0.4, -0.2) is 22.9 Å². The summed E-state index contributed by atoms with van der Waals surface area (Å²) < 4.78 is 5.34. The van der Waals surface area contributed by atoms with Crippen molar-refractivity contribution in [3.05, 3.63) is 48.0 Å². The minimum atomic E-state index is -0.550. The fourth-order valence-corrected chi connectivity index (χ4v) is 2.54. The highest BCUT2D eigenvalue weighted by Crippen LogP contribution is 2.20. The average molecular weight is 301 g/mol. The molecule has 1 aliphatic rings. The van der Waals surface area contributed by atoms with Gasteiger partial charge in [0.15, 0.2) is 0 Å². The summed E-state index contributed by atoms with van der Waals surface area (Å²) in [4.78, 5) is 25.9. The van der Waals surface area contributed by atoms with Gasteiger partial charge < -0.3 is 4.74 Å². The second-order valence-electron chi connectivity index (χ2n) is 5.97. The van der Waals surface area contributed by atoms with Gasteiger partial charge in [-0.05, 0) is 24.3 Å². The molecule has 1 aromatic carbocycles. The molecule has 0 N–H and O–H groups in total. The van der Waals surface area contributed by atoms with Crippen molar-refractivity contribution < 1.29 is 14.3 Å². The van der Waals surface area contributed by atoms with Gasteiger partial charge in [-0.3, -0.25) is 4.79 Å². The van der Waals surface area contributed by atoms with E-state index in [1.165, 1.54) is 4.90 Å². The summed E-state index contributed by atoms with van der Waals surface area (Å²) >= 11 is 0. The Morgan fingerprint density at radius 3 is 2.73 bits per heavy atom. The molecule has 2 amide bonds. The van der Waals surface area contributed by atoms with Crippen LogP contribution in [0.25, 0.3) is 0 Å². The molecule has 0 saturated carbocycles. The van der Waals surface area contributed by atoms with Gasteiger partial charge in [0.2, 0.25) is 5.91 Å². The van der Waals surface area contributed by atoms with Gasteiger partial charge in [-0.15, -0.1) is 0 Å². The van der Waals surface area contributed by atoms with Crippen molar-refractivity contribution in [2.24, 2.45) is 5.92 Å². The zero-order valence-electron chi connectivity index (χ0n) is 13.2. The predicted octanol–water partition coefficient (Wildman–Crippen LogP) is 3.92. The Morgan fingerprint density at radius 2 is 2.05 bits per heavy atom. The number of rotatable bonds is 4. The first kappa shape index (κ1) is 16.3. The Balaban J connectivity index is 2.05. The SMILES string of the molecule is CC(C)C[C@H]1C=CCCC(=O)N1C(=O)OCc1ccccc1. The first-order valence-electron chi connectivity index (χ1n) is 7.77. The molecule has 0 radical (unpaired) electrons. The molecule has 1 heterocycles. The van der Waals surface area contributed by atoms with Crippen molar-refractivity contribution >= 4 is 12.0 Å². The van der Waals surface area contributed by atoms with Crippen LogP contribution in [0, 0.1) is 5.92 Å². The molecule has 0 saturated heterocycles. The van der Waals surface area contributed by atoms with Crippen LogP contribution in [0.4, 0.5) is 4.79 Å². The molecule has 0 fully saturated rings. The van der Waals surface area contributed by atoms with Crippen molar-refractivity contribution in [2.75, 3.05) is 0 Å². The number of ether oxygens (including phenoxy) is 1. The number of carbonyl (C=O) groups is 2. The third-order valence-electron chi connectivity index (χ3n) is 3.60. The molecule has 1 atom stereocenters. The van der Waals surface area contributed by atoms with Crippen molar-refractivity contribution in [1.82, 2.24) is 4.90 Å². The molecule has 0 aromatic heterocycles. The molecule has 0 bridgehead atoms. The molecule has 1 aliphatic heterocycles. The Labute approximate surface area is 131 Å². The highest BCUT2D eigenvalue weighted by molar-refractivity contribution is 5.93. The molecule has 118 valence electrons. The normalized spacial score (nSPS) is 18.4. The lowest BCUT2D eigenvalue weighted by Crippen LogP contribution is -2.44. The van der Waals surface area contributed by atoms with Gasteiger partial charge in [-0.25, -0.2) is 9.69 Å². The van der Waals surface area contributed by atoms with E-state index in [0.29, 0.717) is 18.8 Å². The summed E-state index contributed by atoms with van der Waals surface area (Å²) in [7, 11) is 0. The van der Waals surface area contributed by atoms with E-state index >= 15 is 0 Å². The number of amides is 2. The maximum absolute atomic E-state index is 12.4. The van der Waals surface area contributed by atoms with Crippen LogP contribution in [0.2, 0.25) is 0 Å². The molecule has 22 heavy (non-hydrogen) atoms. The van der Waals surface area contributed by atoms with Crippen LogP contribution >= 0.6 is 0 Å². The maximum atomic E-state index is 12.4. The summed E-state index contributed by atoms with van der Waals surface area (Å²) in [5.41, 5.74) is 0.911. The van der Waals surface area contributed by atoms with Gasteiger partial charge in [-0.2, -0.15) is 0 Å². The second kappa shape index (κ2) is 7.78. The van der Waals surface area contributed by atoms with Crippen LogP contribution in [0.1, 0.15) is 38.7 Å². The molecule has 4 nitrogen and oxygen atoms in total. The van der Waals surface area contributed by atoms with E-state index in [-0.39, 0.29) is 18.6 Å². The number of benzene rings is 1. The maximum Gasteiger partial charge on any atom is 0.417 e. The summed E-state index contributed by atoms with van der Waals surface area (Å²) in [5.74, 6) is 0.235. The third kappa shape index (κ3) is 4.45. The topological polar surface area (TPSA) is 46.6 Å². The quantitative estimate of drug-likeness (QED) is 0.792. The number of imide groups is 1. The average Bonchev–Trinajstić information content (AvgIpc) is 2.67. The van der Waals surface area contributed by atoms with Gasteiger partial charge in [0, 0.05) is 6.42 Å². The molecule has 0 aliphatic carbocycles. The van der Waals surface area contributed by atoms with Gasteiger partial charge in [0.25, 0.3) is 0 Å². The molecular weight excluding hydrogens is 278 g/mol. The molecule has 0 spiro atoms. The third-order valence-corrected chi connectivity index (χ3v) is 3.60. The van der Waals surface area contributed by atoms with E-state index in [0.717, 1.165) is 12.0 Å². The molecule has 2 rings (SSSR count). The van der Waals surface area contributed by atoms with E-state index in [2.05, 4.69) is 13.8 Å². The van der Waals surface area contributed by atoms with Gasteiger partial charge >= 0.3 is 6.09 Å². The Hall–Kier alpha value is -2.10. The number of hydrogen-bond donors (Lipinski definition) is 0. The fourth-order valence-electron chi connectivity index (χ4n) is 2.54. The first-order chi connectivity index (χ1) is 10.6. The Morgan fingerprint density at radius 1 is 1.32 bits per heavy atom. The van der Waals surface area contributed by atoms with Gasteiger partial charge in [-0.1, -0.05) is 56.3 Å². The predicted molar refractivity (Wildman–Crippen MR) is 85.1 cm³/mol. The number of allylic oxidation sites excluding steroid dienone is 1. The van der Waals surface area contributed by atoms with Crippen LogP contribution in [0.5, 0.6) is 0 Å². The van der Waals surface area contributed by atoms with E-state index < -0.39 is 6.09 Å². The Bertz CT molecular complexity index is 537. The highest BCUT2D eigenvalue weighted by Gasteiger charge is 2.31. The number of nitrogens with zero attached hydrogens (tertiary/aromatic N) is 1. The standard InChI is InChI=1S/C18H23NO3/c1-14(2)12-16-10-6-7-11-17(20)19(16)18(21)22-13-15-8-4-3-5-9-15/h3-6,8-10,14,16H,7,11-13H2,1-2H3/t16-/m1/s1.